The Kier molecular flexibility index (Phi) is 5.91. The summed E-state index contributed by atoms with van der Waals surface area (Å²) in [5.41, 5.74) is 11.9. The van der Waals surface area contributed by atoms with Gasteiger partial charge in [0, 0.05) is 72.1 Å². The molecule has 252 valence electrons. The lowest BCUT2D eigenvalue weighted by atomic mass is 10.1. The third-order valence-electron chi connectivity index (χ3n) is 11.3. The van der Waals surface area contributed by atoms with Crippen molar-refractivity contribution in [1.82, 2.24) is 13.7 Å². The molecule has 2 N–H and O–H groups in total. The monoisotopic (exact) mass is 699 g/mol. The Bertz CT molecular complexity index is 3020. The minimum absolute atomic E-state index is 0.393. The average Bonchev–Trinajstić information content (AvgIpc) is 3.93. The smallest absolute Gasteiger partial charge is 0.113 e. The number of nitrogens with one attached hydrogen (secondary N) is 2. The van der Waals surface area contributed by atoms with Crippen molar-refractivity contribution >= 4 is 97.5 Å². The van der Waals surface area contributed by atoms with E-state index in [1.165, 1.54) is 91.9 Å². The molecule has 5 nitrogen and oxygen atoms in total. The molecule has 1 unspecified atom stereocenters. The molecular formula is C47H33N5S. The number of hydrogen-bond donors (Lipinski definition) is 2. The highest BCUT2D eigenvalue weighted by Crippen LogP contribution is 2.45. The van der Waals surface area contributed by atoms with Crippen LogP contribution in [0.3, 0.4) is 0 Å². The molecule has 0 amide bonds. The first-order chi connectivity index (χ1) is 26.2. The topological polar surface area (TPSA) is 38.9 Å². The molecule has 0 saturated heterocycles. The second-order valence-corrected chi connectivity index (χ2v) is 15.4. The predicted molar refractivity (Wildman–Crippen MR) is 226 cm³/mol. The molecule has 12 rings (SSSR count). The van der Waals surface area contributed by atoms with Crippen molar-refractivity contribution in [3.8, 4) is 17.1 Å². The maximum absolute atomic E-state index is 3.72. The minimum atomic E-state index is 0.393. The van der Waals surface area contributed by atoms with Gasteiger partial charge in [0.1, 0.15) is 5.00 Å². The molecule has 0 fully saturated rings. The van der Waals surface area contributed by atoms with Gasteiger partial charge in [-0.2, -0.15) is 0 Å². The Morgan fingerprint density at radius 2 is 0.868 bits per heavy atom. The Morgan fingerprint density at radius 1 is 0.453 bits per heavy atom. The Labute approximate surface area is 308 Å². The van der Waals surface area contributed by atoms with E-state index in [1.807, 2.05) is 11.3 Å². The third kappa shape index (κ3) is 4.07. The summed E-state index contributed by atoms with van der Waals surface area (Å²) in [4.78, 5) is 0. The van der Waals surface area contributed by atoms with Crippen LogP contribution >= 0.6 is 11.3 Å². The third-order valence-corrected chi connectivity index (χ3v) is 12.4. The van der Waals surface area contributed by atoms with E-state index < -0.39 is 0 Å². The normalized spacial score (nSPS) is 14.5. The summed E-state index contributed by atoms with van der Waals surface area (Å²) in [6.45, 7) is 3.16. The fourth-order valence-electron chi connectivity index (χ4n) is 8.99. The SMILES string of the molecule is CC1CNc2sc3cc(-n4c5ccc(-n6c7ccccc7c7ccccc76)cc5c5cc(-n6c7ccccc7c7ccccc76)ccc54)ccc3c2N1. The van der Waals surface area contributed by atoms with Crippen LogP contribution in [0, 0.1) is 0 Å². The molecule has 0 spiro atoms. The Morgan fingerprint density at radius 3 is 1.36 bits per heavy atom. The van der Waals surface area contributed by atoms with Crippen molar-refractivity contribution in [2.24, 2.45) is 0 Å². The van der Waals surface area contributed by atoms with Crippen molar-refractivity contribution in [2.75, 3.05) is 17.2 Å². The second kappa shape index (κ2) is 10.8. The highest BCUT2D eigenvalue weighted by atomic mass is 32.1. The van der Waals surface area contributed by atoms with Crippen LogP contribution in [0.5, 0.6) is 0 Å². The summed E-state index contributed by atoms with van der Waals surface area (Å²) < 4.78 is 8.58. The zero-order valence-electron chi connectivity index (χ0n) is 29.0. The van der Waals surface area contributed by atoms with Crippen molar-refractivity contribution in [3.63, 3.8) is 0 Å². The van der Waals surface area contributed by atoms with E-state index in [0.29, 0.717) is 6.04 Å². The van der Waals surface area contributed by atoms with Crippen molar-refractivity contribution < 1.29 is 0 Å². The van der Waals surface area contributed by atoms with E-state index >= 15 is 0 Å². The number of aromatic nitrogens is 3. The average molecular weight is 700 g/mol. The van der Waals surface area contributed by atoms with Gasteiger partial charge in [-0.05, 0) is 85.8 Å². The first kappa shape index (κ1) is 29.1. The molecule has 1 aliphatic rings. The van der Waals surface area contributed by atoms with E-state index in [1.54, 1.807) is 0 Å². The largest absolute Gasteiger partial charge is 0.378 e. The molecule has 0 bridgehead atoms. The molecule has 5 heterocycles. The lowest BCUT2D eigenvalue weighted by molar-refractivity contribution is 0.824. The molecule has 1 atom stereocenters. The van der Waals surface area contributed by atoms with Gasteiger partial charge in [-0.15, -0.1) is 11.3 Å². The van der Waals surface area contributed by atoms with Gasteiger partial charge >= 0.3 is 0 Å². The van der Waals surface area contributed by atoms with Crippen molar-refractivity contribution in [2.45, 2.75) is 13.0 Å². The van der Waals surface area contributed by atoms with Crippen LogP contribution in [0.15, 0.2) is 152 Å². The maximum atomic E-state index is 3.72. The molecule has 7 aromatic carbocycles. The standard InChI is InChI=1S/C47H33N5S/c1-28-27-48-47-46(49-28)36-21-18-31(26-45(36)53-47)52-43-22-19-29(50-39-14-6-2-10-32(39)33-11-3-7-15-40(33)50)24-37(43)38-25-30(20-23-44(38)52)51-41-16-8-4-12-34(41)35-13-5-9-17-42(35)51/h2-26,28,48-49H,27H2,1H3. The highest BCUT2D eigenvalue weighted by Gasteiger charge is 2.22. The molecule has 53 heavy (non-hydrogen) atoms. The minimum Gasteiger partial charge on any atom is -0.378 e. The number of anilines is 2. The van der Waals surface area contributed by atoms with Crippen LogP contribution in [0.2, 0.25) is 0 Å². The number of fused-ring (bicyclic) bond motifs is 12. The highest BCUT2D eigenvalue weighted by molar-refractivity contribution is 7.23. The summed E-state index contributed by atoms with van der Waals surface area (Å²) in [7, 11) is 0. The van der Waals surface area contributed by atoms with E-state index in [0.717, 1.165) is 17.9 Å². The zero-order chi connectivity index (χ0) is 34.8. The maximum Gasteiger partial charge on any atom is 0.113 e. The summed E-state index contributed by atoms with van der Waals surface area (Å²) in [6, 6.07) is 56.4. The lowest BCUT2D eigenvalue weighted by Crippen LogP contribution is -2.29. The summed E-state index contributed by atoms with van der Waals surface area (Å²) >= 11 is 1.84. The Hall–Kier alpha value is -6.50. The summed E-state index contributed by atoms with van der Waals surface area (Å²) in [6.07, 6.45) is 0. The van der Waals surface area contributed by atoms with Gasteiger partial charge in [0.2, 0.25) is 0 Å². The number of benzene rings is 7. The molecule has 0 aliphatic carbocycles. The number of nitrogens with zero attached hydrogens (tertiary/aromatic N) is 3. The molecular weight excluding hydrogens is 667 g/mol. The van der Waals surface area contributed by atoms with Gasteiger partial charge in [0.05, 0.1) is 38.8 Å². The quantitative estimate of drug-likeness (QED) is 0.193. The van der Waals surface area contributed by atoms with Crippen molar-refractivity contribution in [3.05, 3.63) is 152 Å². The van der Waals surface area contributed by atoms with Crippen LogP contribution in [0.25, 0.3) is 92.6 Å². The fraction of sp³-hybridized carbons (Fsp3) is 0.0638. The molecule has 0 radical (unpaired) electrons. The van der Waals surface area contributed by atoms with Crippen LogP contribution in [0.4, 0.5) is 10.7 Å². The van der Waals surface area contributed by atoms with E-state index in [2.05, 4.69) is 183 Å². The van der Waals surface area contributed by atoms with Crippen molar-refractivity contribution in [1.29, 1.82) is 0 Å². The van der Waals surface area contributed by atoms with Crippen LogP contribution in [-0.2, 0) is 0 Å². The van der Waals surface area contributed by atoms with Crippen LogP contribution in [0.1, 0.15) is 6.92 Å². The van der Waals surface area contributed by atoms with E-state index in [9.17, 15) is 0 Å². The van der Waals surface area contributed by atoms with Crippen LogP contribution in [-0.4, -0.2) is 26.3 Å². The summed E-state index contributed by atoms with van der Waals surface area (Å²) in [5, 5.41) is 17.4. The van der Waals surface area contributed by atoms with Gasteiger partial charge in [-0.3, -0.25) is 0 Å². The Balaban J connectivity index is 1.15. The van der Waals surface area contributed by atoms with E-state index in [-0.39, 0.29) is 0 Å². The molecule has 11 aromatic rings. The molecule has 1 aliphatic heterocycles. The predicted octanol–water partition coefficient (Wildman–Crippen LogP) is 12.4. The first-order valence-electron chi connectivity index (χ1n) is 18.3. The van der Waals surface area contributed by atoms with Gasteiger partial charge < -0.3 is 24.3 Å². The molecule has 4 aromatic heterocycles. The van der Waals surface area contributed by atoms with Gasteiger partial charge in [-0.25, -0.2) is 0 Å². The zero-order valence-corrected chi connectivity index (χ0v) is 29.8. The van der Waals surface area contributed by atoms with Gasteiger partial charge in [0.15, 0.2) is 0 Å². The molecule has 0 saturated carbocycles. The number of rotatable bonds is 3. The van der Waals surface area contributed by atoms with Gasteiger partial charge in [0.25, 0.3) is 0 Å². The fourth-order valence-corrected chi connectivity index (χ4v) is 10.1. The number of para-hydroxylation sites is 4. The van der Waals surface area contributed by atoms with E-state index in [4.69, 9.17) is 0 Å². The lowest BCUT2D eigenvalue weighted by Gasteiger charge is -2.22. The first-order valence-corrected chi connectivity index (χ1v) is 19.1. The van der Waals surface area contributed by atoms with Gasteiger partial charge in [-0.1, -0.05) is 72.8 Å². The second-order valence-electron chi connectivity index (χ2n) is 14.4. The summed E-state index contributed by atoms with van der Waals surface area (Å²) in [5.74, 6) is 0. The number of thiophene rings is 1. The van der Waals surface area contributed by atoms with Crippen LogP contribution < -0.4 is 10.6 Å². The molecule has 6 heteroatoms. The number of hydrogen-bond acceptors (Lipinski definition) is 3.